The maximum atomic E-state index is 5.04. The molecule has 2 aromatic heterocycles. The van der Waals surface area contributed by atoms with Crippen LogP contribution in [-0.2, 0) is 0 Å². The van der Waals surface area contributed by atoms with Gasteiger partial charge in [-0.3, -0.25) is 4.99 Å². The molecule has 0 saturated carbocycles. The third kappa shape index (κ3) is 3.90. The quantitative estimate of drug-likeness (QED) is 0.646. The van der Waals surface area contributed by atoms with Crippen molar-refractivity contribution in [2.75, 3.05) is 25.5 Å². The lowest BCUT2D eigenvalue weighted by molar-refractivity contribution is 0.455. The van der Waals surface area contributed by atoms with E-state index < -0.39 is 0 Å². The second-order valence-electron chi connectivity index (χ2n) is 8.08. The zero-order valence-corrected chi connectivity index (χ0v) is 18.0. The molecule has 6 nitrogen and oxygen atoms in total. The third-order valence-corrected chi connectivity index (χ3v) is 5.82. The summed E-state index contributed by atoms with van der Waals surface area (Å²) in [5.74, 6) is 0.585. The minimum atomic E-state index is 0.585. The maximum Gasteiger partial charge on any atom is 0.177 e. The Morgan fingerprint density at radius 1 is 1.14 bits per heavy atom. The average Bonchev–Trinajstić information content (AvgIpc) is 3.10. The average molecular weight is 391 g/mol. The molecule has 1 aliphatic heterocycles. The van der Waals surface area contributed by atoms with Gasteiger partial charge in [-0.25, -0.2) is 9.50 Å². The molecule has 2 N–H and O–H groups in total. The fourth-order valence-corrected chi connectivity index (χ4v) is 4.20. The number of aryl methyl sites for hydroxylation is 3. The molecule has 29 heavy (non-hydrogen) atoms. The number of hydrogen-bond acceptors (Lipinski definition) is 5. The summed E-state index contributed by atoms with van der Waals surface area (Å²) in [5, 5.41) is 11.5. The molecule has 3 heterocycles. The van der Waals surface area contributed by atoms with E-state index >= 15 is 0 Å². The highest BCUT2D eigenvalue weighted by Crippen LogP contribution is 2.32. The first kappa shape index (κ1) is 19.6. The van der Waals surface area contributed by atoms with Gasteiger partial charge in [-0.15, -0.1) is 0 Å². The van der Waals surface area contributed by atoms with Crippen LogP contribution in [0.25, 0.3) is 16.9 Å². The number of imidazole rings is 1. The molecule has 0 aliphatic carbocycles. The lowest BCUT2D eigenvalue weighted by Gasteiger charge is -2.23. The smallest absolute Gasteiger partial charge is 0.177 e. The molecule has 6 heteroatoms. The zero-order valence-electron chi connectivity index (χ0n) is 18.0. The fraction of sp³-hybridized carbons (Fsp3) is 0.435. The third-order valence-electron chi connectivity index (χ3n) is 5.82. The number of anilines is 1. The van der Waals surface area contributed by atoms with E-state index in [0.717, 1.165) is 47.1 Å². The van der Waals surface area contributed by atoms with E-state index in [9.17, 15) is 0 Å². The first-order chi connectivity index (χ1) is 14.0. The van der Waals surface area contributed by atoms with Crippen molar-refractivity contribution >= 4 is 22.7 Å². The summed E-state index contributed by atoms with van der Waals surface area (Å²) in [5.41, 5.74) is 9.51. The molecule has 0 bridgehead atoms. The van der Waals surface area contributed by atoms with E-state index in [1.807, 2.05) is 24.7 Å². The monoisotopic (exact) mass is 390 g/mol. The minimum Gasteiger partial charge on any atom is -0.385 e. The van der Waals surface area contributed by atoms with Gasteiger partial charge in [0.25, 0.3) is 0 Å². The highest BCUT2D eigenvalue weighted by Gasteiger charge is 2.17. The van der Waals surface area contributed by atoms with Gasteiger partial charge in [-0.1, -0.05) is 0 Å². The van der Waals surface area contributed by atoms with Crippen LogP contribution in [0.15, 0.2) is 29.4 Å². The van der Waals surface area contributed by atoms with E-state index in [4.69, 9.17) is 10.1 Å². The van der Waals surface area contributed by atoms with Gasteiger partial charge in [0, 0.05) is 18.3 Å². The molecule has 1 aliphatic rings. The Bertz CT molecular complexity index is 1050. The summed E-state index contributed by atoms with van der Waals surface area (Å²) in [4.78, 5) is 9.61. The Labute approximate surface area is 172 Å². The number of piperidine rings is 1. The highest BCUT2D eigenvalue weighted by molar-refractivity contribution is 5.88. The summed E-state index contributed by atoms with van der Waals surface area (Å²) >= 11 is 0. The van der Waals surface area contributed by atoms with Crippen LogP contribution in [0.2, 0.25) is 0 Å². The fourth-order valence-electron chi connectivity index (χ4n) is 4.20. The van der Waals surface area contributed by atoms with Crippen LogP contribution in [-0.4, -0.2) is 40.4 Å². The number of benzene rings is 1. The first-order valence-corrected chi connectivity index (χ1v) is 10.4. The van der Waals surface area contributed by atoms with Gasteiger partial charge in [0.1, 0.15) is 0 Å². The Kier molecular flexibility index (Phi) is 5.37. The van der Waals surface area contributed by atoms with Crippen molar-refractivity contribution in [3.63, 3.8) is 0 Å². The molecule has 0 amide bonds. The van der Waals surface area contributed by atoms with Gasteiger partial charge in [-0.05, 0) is 88.9 Å². The molecule has 1 saturated heterocycles. The summed E-state index contributed by atoms with van der Waals surface area (Å²) in [6, 6.07) is 6.46. The molecule has 0 radical (unpaired) electrons. The molecular formula is C23H30N6. The van der Waals surface area contributed by atoms with E-state index in [1.165, 1.54) is 29.7 Å². The van der Waals surface area contributed by atoms with Gasteiger partial charge in [0.2, 0.25) is 0 Å². The van der Waals surface area contributed by atoms with Crippen molar-refractivity contribution in [2.45, 2.75) is 40.5 Å². The van der Waals surface area contributed by atoms with Crippen LogP contribution in [0, 0.1) is 26.7 Å². The number of fused-ring (bicyclic) bond motifs is 1. The van der Waals surface area contributed by atoms with Gasteiger partial charge >= 0.3 is 0 Å². The van der Waals surface area contributed by atoms with E-state index in [-0.39, 0.29) is 0 Å². The van der Waals surface area contributed by atoms with Crippen molar-refractivity contribution in [3.8, 4) is 11.3 Å². The largest absolute Gasteiger partial charge is 0.385 e. The number of nitrogens with zero attached hydrogens (tertiary/aromatic N) is 4. The lowest BCUT2D eigenvalue weighted by atomic mass is 9.93. The molecule has 152 valence electrons. The standard InChI is InChI=1S/C23H30N6/c1-14-10-19(20-12-21(24-5)23-26-16(3)13-29(23)28-20)11-15(2)22(14)27-17(4)18-6-8-25-9-7-18/h10-13,18,24-25H,6-9H2,1-5H3. The number of rotatable bonds is 4. The Balaban J connectivity index is 1.73. The van der Waals surface area contributed by atoms with E-state index in [2.05, 4.69) is 54.6 Å². The van der Waals surface area contributed by atoms with Crippen LogP contribution in [0.5, 0.6) is 0 Å². The Morgan fingerprint density at radius 2 is 1.83 bits per heavy atom. The second kappa shape index (κ2) is 7.95. The Morgan fingerprint density at radius 3 is 2.48 bits per heavy atom. The van der Waals surface area contributed by atoms with E-state index in [0.29, 0.717) is 5.92 Å². The first-order valence-electron chi connectivity index (χ1n) is 10.4. The molecule has 3 aromatic rings. The van der Waals surface area contributed by atoms with Crippen LogP contribution >= 0.6 is 0 Å². The molecule has 1 fully saturated rings. The van der Waals surface area contributed by atoms with Crippen LogP contribution in [0.3, 0.4) is 0 Å². The number of hydrogen-bond donors (Lipinski definition) is 2. The molecule has 0 atom stereocenters. The van der Waals surface area contributed by atoms with Gasteiger partial charge in [-0.2, -0.15) is 5.10 Å². The molecule has 4 rings (SSSR count). The van der Waals surface area contributed by atoms with Gasteiger partial charge in [0.05, 0.1) is 29.0 Å². The Hall–Kier alpha value is -2.73. The van der Waals surface area contributed by atoms with Gasteiger partial charge < -0.3 is 10.6 Å². The number of aromatic nitrogens is 3. The van der Waals surface area contributed by atoms with Gasteiger partial charge in [0.15, 0.2) is 5.65 Å². The topological polar surface area (TPSA) is 66.6 Å². The summed E-state index contributed by atoms with van der Waals surface area (Å²) in [7, 11) is 1.92. The van der Waals surface area contributed by atoms with Crippen LogP contribution < -0.4 is 10.6 Å². The van der Waals surface area contributed by atoms with Crippen molar-refractivity contribution in [2.24, 2.45) is 10.9 Å². The summed E-state index contributed by atoms with van der Waals surface area (Å²) in [6.07, 6.45) is 4.31. The summed E-state index contributed by atoms with van der Waals surface area (Å²) in [6.45, 7) is 10.6. The highest BCUT2D eigenvalue weighted by atomic mass is 15.3. The van der Waals surface area contributed by atoms with Crippen molar-refractivity contribution in [1.82, 2.24) is 19.9 Å². The zero-order chi connectivity index (χ0) is 20.5. The second-order valence-corrected chi connectivity index (χ2v) is 8.08. The predicted molar refractivity (Wildman–Crippen MR) is 121 cm³/mol. The SMILES string of the molecule is CNc1cc(-c2cc(C)c(N=C(C)C3CCNCC3)c(C)c2)nn2cc(C)nc12. The van der Waals surface area contributed by atoms with Crippen LogP contribution in [0.4, 0.5) is 11.4 Å². The molecule has 0 unspecified atom stereocenters. The predicted octanol–water partition coefficient (Wildman–Crippen LogP) is 4.46. The molecule has 0 spiro atoms. The lowest BCUT2D eigenvalue weighted by Crippen LogP contribution is -2.30. The minimum absolute atomic E-state index is 0.585. The molecular weight excluding hydrogens is 360 g/mol. The normalized spacial score (nSPS) is 15.8. The van der Waals surface area contributed by atoms with Crippen molar-refractivity contribution < 1.29 is 0 Å². The number of nitrogens with one attached hydrogen (secondary N) is 2. The maximum absolute atomic E-state index is 5.04. The number of aliphatic imine (C=N–C) groups is 1. The van der Waals surface area contributed by atoms with E-state index in [1.54, 1.807) is 0 Å². The van der Waals surface area contributed by atoms with Crippen molar-refractivity contribution in [1.29, 1.82) is 0 Å². The summed E-state index contributed by atoms with van der Waals surface area (Å²) < 4.78 is 1.86. The molecule has 1 aromatic carbocycles. The van der Waals surface area contributed by atoms with Crippen molar-refractivity contribution in [3.05, 3.63) is 41.2 Å². The van der Waals surface area contributed by atoms with Crippen LogP contribution in [0.1, 0.15) is 36.6 Å².